The van der Waals surface area contributed by atoms with Crippen LogP contribution < -0.4 is 5.43 Å². The third kappa shape index (κ3) is 0.469. The lowest BCUT2D eigenvalue weighted by Crippen LogP contribution is -2.31. The van der Waals surface area contributed by atoms with Crippen molar-refractivity contribution in [2.75, 3.05) is 19.6 Å². The Labute approximate surface area is 43.5 Å². The van der Waals surface area contributed by atoms with Crippen LogP contribution in [0.4, 0.5) is 0 Å². The zero-order chi connectivity index (χ0) is 4.69. The fourth-order valence-electron chi connectivity index (χ4n) is 1.40. The van der Waals surface area contributed by atoms with Gasteiger partial charge in [-0.2, -0.15) is 0 Å². The molecular weight excluding hydrogens is 88.1 g/mol. The summed E-state index contributed by atoms with van der Waals surface area (Å²) in [5.41, 5.74) is 3.29. The molecule has 0 aromatic carbocycles. The van der Waals surface area contributed by atoms with Crippen LogP contribution >= 0.6 is 0 Å². The Hall–Kier alpha value is -0.0800. The second-order valence-electron chi connectivity index (χ2n) is 2.46. The van der Waals surface area contributed by atoms with Gasteiger partial charge >= 0.3 is 0 Å². The highest BCUT2D eigenvalue weighted by Gasteiger charge is 2.28. The highest BCUT2D eigenvalue weighted by Crippen LogP contribution is 2.18. The largest absolute Gasteiger partial charge is 0.255 e. The molecule has 2 rings (SSSR count). The Morgan fingerprint density at radius 1 is 1.57 bits per heavy atom. The SMILES string of the molecule is C1CN2CC1CN2. The monoisotopic (exact) mass is 98.1 g/mol. The summed E-state index contributed by atoms with van der Waals surface area (Å²) < 4.78 is 0. The van der Waals surface area contributed by atoms with Crippen molar-refractivity contribution in [2.45, 2.75) is 6.42 Å². The van der Waals surface area contributed by atoms with E-state index in [-0.39, 0.29) is 0 Å². The van der Waals surface area contributed by atoms with E-state index in [2.05, 4.69) is 10.4 Å². The van der Waals surface area contributed by atoms with E-state index in [0.717, 1.165) is 5.92 Å². The van der Waals surface area contributed by atoms with Gasteiger partial charge in [-0.05, 0) is 12.3 Å². The molecule has 2 bridgehead atoms. The number of nitrogens with one attached hydrogen (secondary N) is 1. The minimum absolute atomic E-state index is 0.986. The third-order valence-corrected chi connectivity index (χ3v) is 1.89. The van der Waals surface area contributed by atoms with Gasteiger partial charge in [-0.3, -0.25) is 5.43 Å². The summed E-state index contributed by atoms with van der Waals surface area (Å²) >= 11 is 0. The molecule has 0 radical (unpaired) electrons. The molecule has 1 N–H and O–H groups in total. The average Bonchev–Trinajstić information content (AvgIpc) is 2.22. The summed E-state index contributed by atoms with van der Waals surface area (Å²) in [5, 5.41) is 2.31. The molecule has 2 fully saturated rings. The van der Waals surface area contributed by atoms with E-state index in [1.807, 2.05) is 0 Å². The van der Waals surface area contributed by atoms with Crippen LogP contribution in [0.15, 0.2) is 0 Å². The minimum atomic E-state index is 0.986. The van der Waals surface area contributed by atoms with Gasteiger partial charge in [0.2, 0.25) is 0 Å². The minimum Gasteiger partial charge on any atom is -0.255 e. The molecule has 7 heavy (non-hydrogen) atoms. The molecule has 2 unspecified atom stereocenters. The number of hydrogen-bond acceptors (Lipinski definition) is 2. The maximum Gasteiger partial charge on any atom is 0.0172 e. The summed E-state index contributed by atoms with van der Waals surface area (Å²) in [5.74, 6) is 0.986. The van der Waals surface area contributed by atoms with Crippen molar-refractivity contribution in [3.63, 3.8) is 0 Å². The Morgan fingerprint density at radius 2 is 2.57 bits per heavy atom. The van der Waals surface area contributed by atoms with Gasteiger partial charge in [-0.15, -0.1) is 0 Å². The van der Waals surface area contributed by atoms with Crippen LogP contribution in [0, 0.1) is 5.92 Å². The summed E-state index contributed by atoms with van der Waals surface area (Å²) in [7, 11) is 0. The first kappa shape index (κ1) is 3.87. The highest BCUT2D eigenvalue weighted by atomic mass is 15.5. The third-order valence-electron chi connectivity index (χ3n) is 1.89. The standard InChI is InChI=1S/C5H10N2/c1-2-7-4-5(1)3-6-7/h5-6H,1-4H2. The van der Waals surface area contributed by atoms with Crippen molar-refractivity contribution in [3.05, 3.63) is 0 Å². The lowest BCUT2D eigenvalue weighted by Gasteiger charge is -2.11. The van der Waals surface area contributed by atoms with Gasteiger partial charge in [0.1, 0.15) is 0 Å². The lowest BCUT2D eigenvalue weighted by atomic mass is 10.1. The number of nitrogens with zero attached hydrogens (tertiary/aromatic N) is 1. The molecule has 0 aliphatic carbocycles. The first-order chi connectivity index (χ1) is 3.45. The lowest BCUT2D eigenvalue weighted by molar-refractivity contribution is 0.270. The second kappa shape index (κ2) is 1.20. The van der Waals surface area contributed by atoms with E-state index >= 15 is 0 Å². The van der Waals surface area contributed by atoms with Crippen LogP contribution in [-0.4, -0.2) is 24.6 Å². The second-order valence-corrected chi connectivity index (χ2v) is 2.46. The number of rotatable bonds is 0. The molecular formula is C5H10N2. The molecule has 2 aliphatic heterocycles. The quantitative estimate of drug-likeness (QED) is 0.452. The van der Waals surface area contributed by atoms with Crippen molar-refractivity contribution in [2.24, 2.45) is 5.92 Å². The van der Waals surface area contributed by atoms with Crippen molar-refractivity contribution in [3.8, 4) is 0 Å². The predicted molar refractivity (Wildman–Crippen MR) is 27.7 cm³/mol. The zero-order valence-electron chi connectivity index (χ0n) is 4.35. The van der Waals surface area contributed by atoms with Gasteiger partial charge in [-0.25, -0.2) is 5.01 Å². The first-order valence-corrected chi connectivity index (χ1v) is 2.93. The van der Waals surface area contributed by atoms with Gasteiger partial charge in [0.05, 0.1) is 0 Å². The number of hydrogen-bond donors (Lipinski definition) is 1. The maximum atomic E-state index is 3.29. The Kier molecular flexibility index (Phi) is 0.664. The van der Waals surface area contributed by atoms with E-state index in [1.165, 1.54) is 26.1 Å². The fourth-order valence-corrected chi connectivity index (χ4v) is 1.40. The molecule has 0 spiro atoms. The molecule has 40 valence electrons. The van der Waals surface area contributed by atoms with Crippen molar-refractivity contribution >= 4 is 0 Å². The predicted octanol–water partition coefficient (Wildman–Crippen LogP) is -0.173. The molecule has 0 saturated carbocycles. The van der Waals surface area contributed by atoms with Crippen LogP contribution in [0.5, 0.6) is 0 Å². The molecule has 2 atom stereocenters. The van der Waals surface area contributed by atoms with Gasteiger partial charge in [0.15, 0.2) is 0 Å². The summed E-state index contributed by atoms with van der Waals surface area (Å²) in [6, 6.07) is 0. The van der Waals surface area contributed by atoms with Crippen molar-refractivity contribution < 1.29 is 0 Å². The van der Waals surface area contributed by atoms with Gasteiger partial charge in [0.25, 0.3) is 0 Å². The fraction of sp³-hybridized carbons (Fsp3) is 1.00. The van der Waals surface area contributed by atoms with Gasteiger partial charge in [0, 0.05) is 19.6 Å². The van der Waals surface area contributed by atoms with Gasteiger partial charge < -0.3 is 0 Å². The van der Waals surface area contributed by atoms with Crippen molar-refractivity contribution in [1.29, 1.82) is 0 Å². The first-order valence-electron chi connectivity index (χ1n) is 2.93. The van der Waals surface area contributed by atoms with Crippen LogP contribution in [0.3, 0.4) is 0 Å². The molecule has 2 saturated heterocycles. The van der Waals surface area contributed by atoms with Crippen molar-refractivity contribution in [1.82, 2.24) is 10.4 Å². The normalized spacial score (nSPS) is 48.0. The average molecular weight is 98.1 g/mol. The maximum absolute atomic E-state index is 3.29. The molecule has 2 heteroatoms. The molecule has 0 amide bonds. The molecule has 2 heterocycles. The van der Waals surface area contributed by atoms with Crippen LogP contribution in [0.25, 0.3) is 0 Å². The molecule has 2 nitrogen and oxygen atoms in total. The highest BCUT2D eigenvalue weighted by molar-refractivity contribution is 4.80. The van der Waals surface area contributed by atoms with E-state index in [1.54, 1.807) is 0 Å². The Bertz CT molecular complexity index is 64.1. The summed E-state index contributed by atoms with van der Waals surface area (Å²) in [4.78, 5) is 0. The van der Waals surface area contributed by atoms with E-state index < -0.39 is 0 Å². The van der Waals surface area contributed by atoms with Crippen LogP contribution in [0.1, 0.15) is 6.42 Å². The number of hydrazine groups is 1. The van der Waals surface area contributed by atoms with E-state index in [0.29, 0.717) is 0 Å². The molecule has 2 aliphatic rings. The van der Waals surface area contributed by atoms with E-state index in [9.17, 15) is 0 Å². The summed E-state index contributed by atoms with van der Waals surface area (Å²) in [6.07, 6.45) is 1.42. The topological polar surface area (TPSA) is 15.3 Å². The van der Waals surface area contributed by atoms with E-state index in [4.69, 9.17) is 0 Å². The zero-order valence-corrected chi connectivity index (χ0v) is 4.35. The van der Waals surface area contributed by atoms with Crippen LogP contribution in [0.2, 0.25) is 0 Å². The van der Waals surface area contributed by atoms with Crippen LogP contribution in [-0.2, 0) is 0 Å². The smallest absolute Gasteiger partial charge is 0.0172 e. The summed E-state index contributed by atoms with van der Waals surface area (Å²) in [6.45, 7) is 3.82. The Morgan fingerprint density at radius 3 is 2.71 bits per heavy atom. The number of fused-ring (bicyclic) bond motifs is 2. The molecule has 0 aromatic rings. The molecule has 0 aromatic heterocycles. The van der Waals surface area contributed by atoms with Gasteiger partial charge in [-0.1, -0.05) is 0 Å². The Balaban J connectivity index is 2.12.